The number of rotatable bonds is 2. The molecule has 2 rings (SSSR count). The molecular formula is C13H12BrFN2O. The average molecular weight is 311 g/mol. The zero-order valence-electron chi connectivity index (χ0n) is 9.62. The van der Waals surface area contributed by atoms with E-state index in [9.17, 15) is 9.18 Å². The minimum Gasteiger partial charge on any atom is -0.348 e. The van der Waals surface area contributed by atoms with E-state index in [0.29, 0.717) is 4.47 Å². The predicted molar refractivity (Wildman–Crippen MR) is 68.3 cm³/mol. The molecule has 3 nitrogen and oxygen atoms in total. The molecule has 1 aromatic carbocycles. The van der Waals surface area contributed by atoms with Crippen LogP contribution in [0.5, 0.6) is 0 Å². The Morgan fingerprint density at radius 2 is 2.28 bits per heavy atom. The molecule has 1 saturated carbocycles. The summed E-state index contributed by atoms with van der Waals surface area (Å²) in [5.74, 6) is -1.17. The predicted octanol–water partition coefficient (Wildman–Crippen LogP) is 3.01. The van der Waals surface area contributed by atoms with Crippen LogP contribution in [-0.2, 0) is 0 Å². The zero-order chi connectivity index (χ0) is 13.1. The Morgan fingerprint density at radius 3 is 2.94 bits per heavy atom. The van der Waals surface area contributed by atoms with Crippen LogP contribution in [0.1, 0.15) is 29.6 Å². The summed E-state index contributed by atoms with van der Waals surface area (Å²) in [6, 6.07) is 6.33. The lowest BCUT2D eigenvalue weighted by Crippen LogP contribution is -2.37. The largest absolute Gasteiger partial charge is 0.348 e. The summed E-state index contributed by atoms with van der Waals surface area (Å²) >= 11 is 3.14. The molecule has 18 heavy (non-hydrogen) atoms. The molecule has 5 heteroatoms. The van der Waals surface area contributed by atoms with Crippen molar-refractivity contribution in [2.24, 2.45) is 5.92 Å². The van der Waals surface area contributed by atoms with Crippen LogP contribution in [0, 0.1) is 23.1 Å². The van der Waals surface area contributed by atoms with E-state index in [1.807, 2.05) is 0 Å². The number of nitrogens with one attached hydrogen (secondary N) is 1. The molecule has 0 heterocycles. The SMILES string of the molecule is N#CC1CCCC1NC(=O)c1ccc(Br)cc1F. The second-order valence-corrected chi connectivity index (χ2v) is 5.29. The third-order valence-electron chi connectivity index (χ3n) is 3.17. The van der Waals surface area contributed by atoms with E-state index in [0.717, 1.165) is 19.3 Å². The molecule has 1 aromatic rings. The molecule has 1 aliphatic carbocycles. The highest BCUT2D eigenvalue weighted by Crippen LogP contribution is 2.25. The summed E-state index contributed by atoms with van der Waals surface area (Å²) in [4.78, 5) is 11.9. The van der Waals surface area contributed by atoms with E-state index in [1.165, 1.54) is 12.1 Å². The normalized spacial score (nSPS) is 22.5. The molecule has 0 spiro atoms. The van der Waals surface area contributed by atoms with Crippen molar-refractivity contribution >= 4 is 21.8 Å². The molecule has 1 fully saturated rings. The zero-order valence-corrected chi connectivity index (χ0v) is 11.2. The van der Waals surface area contributed by atoms with Crippen LogP contribution < -0.4 is 5.32 Å². The smallest absolute Gasteiger partial charge is 0.254 e. The lowest BCUT2D eigenvalue weighted by molar-refractivity contribution is 0.0928. The lowest BCUT2D eigenvalue weighted by atomic mass is 10.1. The molecule has 0 radical (unpaired) electrons. The summed E-state index contributed by atoms with van der Waals surface area (Å²) in [6.07, 6.45) is 2.50. The molecule has 1 N–H and O–H groups in total. The Morgan fingerprint density at radius 1 is 1.50 bits per heavy atom. The summed E-state index contributed by atoms with van der Waals surface area (Å²) in [6.45, 7) is 0. The van der Waals surface area contributed by atoms with Gasteiger partial charge in [-0.25, -0.2) is 4.39 Å². The van der Waals surface area contributed by atoms with Crippen molar-refractivity contribution in [3.05, 3.63) is 34.1 Å². The number of carbonyl (C=O) groups excluding carboxylic acids is 1. The van der Waals surface area contributed by atoms with Crippen LogP contribution >= 0.6 is 15.9 Å². The average Bonchev–Trinajstić information content (AvgIpc) is 2.76. The summed E-state index contributed by atoms with van der Waals surface area (Å²) in [5, 5.41) is 11.7. The summed E-state index contributed by atoms with van der Waals surface area (Å²) in [7, 11) is 0. The molecule has 2 unspecified atom stereocenters. The van der Waals surface area contributed by atoms with Crippen molar-refractivity contribution in [2.45, 2.75) is 25.3 Å². The van der Waals surface area contributed by atoms with Crippen molar-refractivity contribution in [1.82, 2.24) is 5.32 Å². The van der Waals surface area contributed by atoms with Gasteiger partial charge in [-0.1, -0.05) is 15.9 Å². The van der Waals surface area contributed by atoms with E-state index < -0.39 is 11.7 Å². The van der Waals surface area contributed by atoms with Crippen LogP contribution in [0.15, 0.2) is 22.7 Å². The van der Waals surface area contributed by atoms with E-state index in [2.05, 4.69) is 27.3 Å². The van der Waals surface area contributed by atoms with E-state index in [-0.39, 0.29) is 17.5 Å². The number of benzene rings is 1. The molecular weight excluding hydrogens is 299 g/mol. The fraction of sp³-hybridized carbons (Fsp3) is 0.385. The van der Waals surface area contributed by atoms with Crippen molar-refractivity contribution in [2.75, 3.05) is 0 Å². The first-order valence-electron chi connectivity index (χ1n) is 5.77. The second kappa shape index (κ2) is 5.49. The molecule has 0 bridgehead atoms. The van der Waals surface area contributed by atoms with Gasteiger partial charge in [0.2, 0.25) is 0 Å². The minimum atomic E-state index is -0.562. The van der Waals surface area contributed by atoms with Gasteiger partial charge in [-0.2, -0.15) is 5.26 Å². The first kappa shape index (κ1) is 13.0. The van der Waals surface area contributed by atoms with Crippen LogP contribution in [0.25, 0.3) is 0 Å². The van der Waals surface area contributed by atoms with Crippen molar-refractivity contribution in [3.8, 4) is 6.07 Å². The molecule has 94 valence electrons. The maximum absolute atomic E-state index is 13.6. The van der Waals surface area contributed by atoms with Crippen molar-refractivity contribution < 1.29 is 9.18 Å². The number of hydrogen-bond donors (Lipinski definition) is 1. The molecule has 0 saturated heterocycles. The maximum atomic E-state index is 13.6. The second-order valence-electron chi connectivity index (χ2n) is 4.37. The first-order chi connectivity index (χ1) is 8.61. The molecule has 2 atom stereocenters. The van der Waals surface area contributed by atoms with Gasteiger partial charge in [-0.15, -0.1) is 0 Å². The quantitative estimate of drug-likeness (QED) is 0.913. The van der Waals surface area contributed by atoms with Gasteiger partial charge >= 0.3 is 0 Å². The topological polar surface area (TPSA) is 52.9 Å². The van der Waals surface area contributed by atoms with Crippen molar-refractivity contribution in [1.29, 1.82) is 5.26 Å². The number of halogens is 2. The fourth-order valence-electron chi connectivity index (χ4n) is 2.21. The van der Waals surface area contributed by atoms with E-state index >= 15 is 0 Å². The number of nitrogens with zero attached hydrogens (tertiary/aromatic N) is 1. The number of hydrogen-bond acceptors (Lipinski definition) is 2. The van der Waals surface area contributed by atoms with Gasteiger partial charge in [0.15, 0.2) is 0 Å². The number of nitriles is 1. The monoisotopic (exact) mass is 310 g/mol. The highest BCUT2D eigenvalue weighted by atomic mass is 79.9. The third kappa shape index (κ3) is 2.70. The van der Waals surface area contributed by atoms with Crippen LogP contribution in [0.2, 0.25) is 0 Å². The van der Waals surface area contributed by atoms with Gasteiger partial charge in [-0.3, -0.25) is 4.79 Å². The van der Waals surface area contributed by atoms with Gasteiger partial charge in [0.05, 0.1) is 17.6 Å². The van der Waals surface area contributed by atoms with Gasteiger partial charge in [-0.05, 0) is 37.5 Å². The van der Waals surface area contributed by atoms with Crippen LogP contribution in [0.4, 0.5) is 4.39 Å². The van der Waals surface area contributed by atoms with E-state index in [1.54, 1.807) is 6.07 Å². The van der Waals surface area contributed by atoms with Crippen LogP contribution in [0.3, 0.4) is 0 Å². The molecule has 1 amide bonds. The molecule has 0 aliphatic heterocycles. The number of amides is 1. The van der Waals surface area contributed by atoms with Crippen molar-refractivity contribution in [3.63, 3.8) is 0 Å². The van der Waals surface area contributed by atoms with Crippen LogP contribution in [-0.4, -0.2) is 11.9 Å². The molecule has 0 aromatic heterocycles. The van der Waals surface area contributed by atoms with E-state index in [4.69, 9.17) is 5.26 Å². The molecule has 1 aliphatic rings. The summed E-state index contributed by atoms with van der Waals surface area (Å²) < 4.78 is 14.2. The highest BCUT2D eigenvalue weighted by Gasteiger charge is 2.29. The fourth-order valence-corrected chi connectivity index (χ4v) is 2.54. The van der Waals surface area contributed by atoms with Gasteiger partial charge < -0.3 is 5.32 Å². The Bertz CT molecular complexity index is 512. The van der Waals surface area contributed by atoms with Gasteiger partial charge in [0.25, 0.3) is 5.91 Å². The maximum Gasteiger partial charge on any atom is 0.254 e. The highest BCUT2D eigenvalue weighted by molar-refractivity contribution is 9.10. The lowest BCUT2D eigenvalue weighted by Gasteiger charge is -2.15. The third-order valence-corrected chi connectivity index (χ3v) is 3.67. The summed E-state index contributed by atoms with van der Waals surface area (Å²) in [5.41, 5.74) is 0.0155. The number of carbonyl (C=O) groups is 1. The Labute approximate surface area is 113 Å². The Kier molecular flexibility index (Phi) is 3.97. The first-order valence-corrected chi connectivity index (χ1v) is 6.56. The Hall–Kier alpha value is -1.41. The minimum absolute atomic E-state index is 0.0155. The Balaban J connectivity index is 2.10. The standard InChI is InChI=1S/C13H12BrFN2O/c14-9-4-5-10(11(15)6-9)13(18)17-12-3-1-2-8(12)7-16/h4-6,8,12H,1-3H2,(H,17,18). The van der Waals surface area contributed by atoms with Gasteiger partial charge in [0, 0.05) is 10.5 Å². The van der Waals surface area contributed by atoms with Gasteiger partial charge in [0.1, 0.15) is 5.82 Å².